The molecule has 1 fully saturated rings. The molecule has 2 aliphatic heterocycles. The number of hydrogen-bond acceptors (Lipinski definition) is 5. The summed E-state index contributed by atoms with van der Waals surface area (Å²) in [5.74, 6) is -1.69. The van der Waals surface area contributed by atoms with Crippen LogP contribution < -0.4 is 4.74 Å². The van der Waals surface area contributed by atoms with E-state index in [1.165, 1.54) is 32.9 Å². The fourth-order valence-electron chi connectivity index (χ4n) is 4.76. The van der Waals surface area contributed by atoms with Gasteiger partial charge in [-0.2, -0.15) is 17.0 Å². The van der Waals surface area contributed by atoms with Crippen molar-refractivity contribution < 1.29 is 30.4 Å². The third-order valence-corrected chi connectivity index (χ3v) is 10.8. The maximum Gasteiger partial charge on any atom is 0.282 e. The molecule has 0 N–H and O–H groups in total. The van der Waals surface area contributed by atoms with Crippen LogP contribution in [0.4, 0.5) is 8.78 Å². The molecule has 2 aromatic rings. The van der Waals surface area contributed by atoms with E-state index in [1.807, 2.05) is 0 Å². The number of hydrogen-bond donors (Lipinski definition) is 0. The molecule has 0 unspecified atom stereocenters. The Morgan fingerprint density at radius 3 is 2.49 bits per heavy atom. The van der Waals surface area contributed by atoms with Crippen LogP contribution in [-0.4, -0.2) is 63.0 Å². The summed E-state index contributed by atoms with van der Waals surface area (Å²) in [5.41, 5.74) is 0.00846. The lowest BCUT2D eigenvalue weighted by molar-refractivity contribution is 0.114. The molecule has 2 aliphatic rings. The fourth-order valence-corrected chi connectivity index (χ4v) is 8.25. The number of ether oxygens (including phenoxy) is 1. The minimum absolute atomic E-state index is 0.00846. The highest BCUT2D eigenvalue weighted by atomic mass is 35.5. The second-order valence-electron chi connectivity index (χ2n) is 8.69. The van der Waals surface area contributed by atoms with Gasteiger partial charge in [0.05, 0.1) is 16.7 Å². The van der Waals surface area contributed by atoms with Crippen LogP contribution in [0.5, 0.6) is 5.75 Å². The molecule has 2 heterocycles. The highest BCUT2D eigenvalue weighted by Crippen LogP contribution is 2.36. The van der Waals surface area contributed by atoms with Gasteiger partial charge in [-0.3, -0.25) is 0 Å². The van der Waals surface area contributed by atoms with Crippen molar-refractivity contribution in [1.82, 2.24) is 8.61 Å². The lowest BCUT2D eigenvalue weighted by Gasteiger charge is -2.45. The largest absolute Gasteiger partial charge is 0.488 e. The summed E-state index contributed by atoms with van der Waals surface area (Å²) in [6.07, 6.45) is 0.998. The van der Waals surface area contributed by atoms with Crippen LogP contribution in [0, 0.1) is 11.6 Å². The summed E-state index contributed by atoms with van der Waals surface area (Å²) in [6.45, 7) is 2.18. The first-order valence-corrected chi connectivity index (χ1v) is 14.8. The molecule has 192 valence electrons. The number of rotatable bonds is 7. The zero-order valence-electron chi connectivity index (χ0n) is 19.2. The van der Waals surface area contributed by atoms with E-state index in [9.17, 15) is 25.6 Å². The lowest BCUT2D eigenvalue weighted by atomic mass is 9.99. The van der Waals surface area contributed by atoms with Crippen molar-refractivity contribution in [2.45, 2.75) is 49.6 Å². The van der Waals surface area contributed by atoms with Crippen molar-refractivity contribution in [3.05, 3.63) is 58.6 Å². The zero-order chi connectivity index (χ0) is 25.4. The van der Waals surface area contributed by atoms with E-state index in [0.717, 1.165) is 12.1 Å². The van der Waals surface area contributed by atoms with Gasteiger partial charge in [-0.25, -0.2) is 17.2 Å². The highest BCUT2D eigenvalue weighted by Gasteiger charge is 2.45. The minimum atomic E-state index is -3.91. The maximum absolute atomic E-state index is 14.4. The third kappa shape index (κ3) is 5.34. The Kier molecular flexibility index (Phi) is 7.73. The first-order chi connectivity index (χ1) is 16.5. The molecule has 0 spiro atoms. The van der Waals surface area contributed by atoms with Gasteiger partial charge in [-0.05, 0) is 62.1 Å². The molecule has 1 saturated heterocycles. The molecule has 35 heavy (non-hydrogen) atoms. The van der Waals surface area contributed by atoms with Crippen molar-refractivity contribution >= 4 is 31.6 Å². The smallest absolute Gasteiger partial charge is 0.282 e. The Bertz CT molecular complexity index is 1290. The van der Waals surface area contributed by atoms with Crippen LogP contribution in [0.3, 0.4) is 0 Å². The number of sulfone groups is 1. The van der Waals surface area contributed by atoms with Crippen molar-refractivity contribution in [2.75, 3.05) is 25.4 Å². The van der Waals surface area contributed by atoms with E-state index in [2.05, 4.69) is 0 Å². The summed E-state index contributed by atoms with van der Waals surface area (Å²) in [7, 11) is -7.47. The highest BCUT2D eigenvalue weighted by molar-refractivity contribution is 7.91. The summed E-state index contributed by atoms with van der Waals surface area (Å²) >= 11 is 5.84. The molecule has 2 atom stereocenters. The van der Waals surface area contributed by atoms with Crippen LogP contribution in [-0.2, 0) is 26.5 Å². The Hall–Kier alpha value is -1.79. The topological polar surface area (TPSA) is 84.0 Å². The molecule has 2 aromatic carbocycles. The van der Waals surface area contributed by atoms with Gasteiger partial charge in [0.2, 0.25) is 0 Å². The van der Waals surface area contributed by atoms with Crippen molar-refractivity contribution in [1.29, 1.82) is 0 Å². The molecular formula is C23H27ClF2N2O5S2. The molecule has 4 rings (SSSR count). The number of fused-ring (bicyclic) bond motifs is 1. The van der Waals surface area contributed by atoms with Crippen molar-refractivity contribution in [3.63, 3.8) is 0 Å². The van der Waals surface area contributed by atoms with Crippen LogP contribution in [0.25, 0.3) is 0 Å². The molecular weight excluding hydrogens is 522 g/mol. The predicted molar refractivity (Wildman–Crippen MR) is 128 cm³/mol. The molecule has 0 aromatic heterocycles. The Morgan fingerprint density at radius 1 is 1.11 bits per heavy atom. The van der Waals surface area contributed by atoms with Crippen LogP contribution >= 0.6 is 11.6 Å². The molecule has 7 nitrogen and oxygen atoms in total. The van der Waals surface area contributed by atoms with E-state index in [-0.39, 0.29) is 48.0 Å². The average molecular weight is 549 g/mol. The SMILES string of the molecule is CCN1CC[C@H](CCCS(=O)(=O)c2ccc(Cl)cc2)N([C@@H]2COc3c(F)ccc(F)c3C2)S1(=O)=O. The monoisotopic (exact) mass is 548 g/mol. The van der Waals surface area contributed by atoms with Crippen LogP contribution in [0.15, 0.2) is 41.3 Å². The standard InChI is InChI=1S/C23H27ClF2N2O5S2/c1-2-27-12-11-17(4-3-13-34(29,30)19-7-5-16(24)6-8-19)28(35(27,31)32)18-14-20-21(25)9-10-22(26)23(20)33-15-18/h5-10,17-18H,2-4,11-15H2,1H3/t17-,18-/m0/s1. The molecule has 0 saturated carbocycles. The van der Waals surface area contributed by atoms with Gasteiger partial charge in [0.15, 0.2) is 21.4 Å². The van der Waals surface area contributed by atoms with Crippen LogP contribution in [0.2, 0.25) is 5.02 Å². The summed E-state index contributed by atoms with van der Waals surface area (Å²) in [4.78, 5) is 0.155. The average Bonchev–Trinajstić information content (AvgIpc) is 2.81. The van der Waals surface area contributed by atoms with E-state index in [1.54, 1.807) is 6.92 Å². The van der Waals surface area contributed by atoms with Crippen LogP contribution in [0.1, 0.15) is 31.7 Å². The Balaban J connectivity index is 1.54. The quantitative estimate of drug-likeness (QED) is 0.525. The number of halogens is 3. The van der Waals surface area contributed by atoms with Gasteiger partial charge in [-0.15, -0.1) is 0 Å². The molecule has 0 radical (unpaired) electrons. The fraction of sp³-hybridized carbons (Fsp3) is 0.478. The van der Waals surface area contributed by atoms with Gasteiger partial charge in [0.1, 0.15) is 12.4 Å². The van der Waals surface area contributed by atoms with Gasteiger partial charge in [-0.1, -0.05) is 18.5 Å². The third-order valence-electron chi connectivity index (χ3n) is 6.52. The first kappa shape index (κ1) is 26.3. The van der Waals surface area contributed by atoms with E-state index in [4.69, 9.17) is 16.3 Å². The molecule has 12 heteroatoms. The maximum atomic E-state index is 14.4. The Labute approximate surface area is 209 Å². The second-order valence-corrected chi connectivity index (χ2v) is 13.1. The van der Waals surface area contributed by atoms with Gasteiger partial charge in [0, 0.05) is 29.7 Å². The zero-order valence-corrected chi connectivity index (χ0v) is 21.6. The number of benzene rings is 2. The van der Waals surface area contributed by atoms with Crippen molar-refractivity contribution in [3.8, 4) is 5.75 Å². The minimum Gasteiger partial charge on any atom is -0.488 e. The molecule has 0 amide bonds. The summed E-state index contributed by atoms with van der Waals surface area (Å²) in [6, 6.07) is 6.65. The number of nitrogens with zero attached hydrogens (tertiary/aromatic N) is 2. The predicted octanol–water partition coefficient (Wildman–Crippen LogP) is 3.82. The van der Waals surface area contributed by atoms with Gasteiger partial charge < -0.3 is 4.74 Å². The van der Waals surface area contributed by atoms with Gasteiger partial charge in [0.25, 0.3) is 10.2 Å². The lowest BCUT2D eigenvalue weighted by Crippen LogP contribution is -2.60. The van der Waals surface area contributed by atoms with Crippen molar-refractivity contribution in [2.24, 2.45) is 0 Å². The van der Waals surface area contributed by atoms with E-state index >= 15 is 0 Å². The van der Waals surface area contributed by atoms with Gasteiger partial charge >= 0.3 is 0 Å². The Morgan fingerprint density at radius 2 is 1.80 bits per heavy atom. The molecule has 0 bridgehead atoms. The van der Waals surface area contributed by atoms with E-state index in [0.29, 0.717) is 24.4 Å². The molecule has 0 aliphatic carbocycles. The normalized spacial score (nSPS) is 23.0. The second kappa shape index (κ2) is 10.3. The summed E-state index contributed by atoms with van der Waals surface area (Å²) < 4.78 is 89.0. The first-order valence-electron chi connectivity index (χ1n) is 11.4. The van der Waals surface area contributed by atoms with E-state index < -0.39 is 43.8 Å². The summed E-state index contributed by atoms with van der Waals surface area (Å²) in [5, 5.41) is 0.431.